The summed E-state index contributed by atoms with van der Waals surface area (Å²) >= 11 is 0. The van der Waals surface area contributed by atoms with E-state index in [9.17, 15) is 5.26 Å². The van der Waals surface area contributed by atoms with E-state index in [-0.39, 0.29) is 0 Å². The lowest BCUT2D eigenvalue weighted by molar-refractivity contribution is 1.09. The molecule has 0 aliphatic carbocycles. The van der Waals surface area contributed by atoms with Crippen LogP contribution in [0.25, 0.3) is 126 Å². The molecule has 0 radical (unpaired) electrons. The van der Waals surface area contributed by atoms with Crippen LogP contribution in [0.4, 0.5) is 5.69 Å². The van der Waals surface area contributed by atoms with E-state index in [0.29, 0.717) is 11.3 Å². The molecule has 14 aromatic rings. The minimum atomic E-state index is 0.500. The Morgan fingerprint density at radius 2 is 0.739 bits per heavy atom. The first-order valence-electron chi connectivity index (χ1n) is 23.2. The van der Waals surface area contributed by atoms with Crippen LogP contribution in [0, 0.1) is 24.8 Å². The van der Waals surface area contributed by atoms with Gasteiger partial charge in [0.15, 0.2) is 5.69 Å². The molecular formula is C63H38N6. The third kappa shape index (κ3) is 5.58. The van der Waals surface area contributed by atoms with Crippen LogP contribution >= 0.6 is 0 Å². The normalized spacial score (nSPS) is 11.8. The van der Waals surface area contributed by atoms with Crippen molar-refractivity contribution in [2.24, 2.45) is 0 Å². The zero-order chi connectivity index (χ0) is 45.9. The first-order chi connectivity index (χ1) is 34.1. The number of aromatic nitrogens is 4. The lowest BCUT2D eigenvalue weighted by Crippen LogP contribution is -2.05. The average molecular weight is 879 g/mol. The number of rotatable bonds is 5. The molecule has 0 N–H and O–H groups in total. The van der Waals surface area contributed by atoms with Crippen LogP contribution in [-0.4, -0.2) is 18.3 Å². The van der Waals surface area contributed by atoms with Crippen LogP contribution in [0.2, 0.25) is 0 Å². The smallest absolute Gasteiger partial charge is 0.197 e. The second-order valence-electron chi connectivity index (χ2n) is 18.0. The van der Waals surface area contributed by atoms with Crippen LogP contribution in [0.5, 0.6) is 0 Å². The lowest BCUT2D eigenvalue weighted by Gasteiger charge is -2.20. The molecule has 0 aliphatic heterocycles. The van der Waals surface area contributed by atoms with Gasteiger partial charge in [0.25, 0.3) is 0 Å². The van der Waals surface area contributed by atoms with Gasteiger partial charge in [-0.05, 0) is 109 Å². The molecule has 0 fully saturated rings. The van der Waals surface area contributed by atoms with Crippen LogP contribution in [0.15, 0.2) is 212 Å². The predicted octanol–water partition coefficient (Wildman–Crippen LogP) is 16.5. The van der Waals surface area contributed by atoms with Gasteiger partial charge in [-0.2, -0.15) is 5.26 Å². The number of hydrogen-bond acceptors (Lipinski definition) is 1. The maximum absolute atomic E-state index is 10.2. The molecule has 320 valence electrons. The number of nitrogens with zero attached hydrogens (tertiary/aromatic N) is 6. The van der Waals surface area contributed by atoms with E-state index < -0.39 is 0 Å². The molecular weight excluding hydrogens is 841 g/mol. The molecule has 0 aliphatic rings. The van der Waals surface area contributed by atoms with E-state index >= 15 is 0 Å². The van der Waals surface area contributed by atoms with Crippen molar-refractivity contribution in [3.8, 4) is 39.9 Å². The molecule has 0 spiro atoms. The van der Waals surface area contributed by atoms with Gasteiger partial charge in [0, 0.05) is 54.5 Å². The van der Waals surface area contributed by atoms with Gasteiger partial charge in [0.1, 0.15) is 0 Å². The summed E-state index contributed by atoms with van der Waals surface area (Å²) in [5.41, 5.74) is 16.2. The zero-order valence-corrected chi connectivity index (χ0v) is 37.4. The molecule has 4 aromatic heterocycles. The van der Waals surface area contributed by atoms with Gasteiger partial charge in [-0.3, -0.25) is 0 Å². The summed E-state index contributed by atoms with van der Waals surface area (Å²) in [7, 11) is 0. The summed E-state index contributed by atoms with van der Waals surface area (Å²) < 4.78 is 9.51. The first-order valence-corrected chi connectivity index (χ1v) is 23.2. The van der Waals surface area contributed by atoms with Crippen molar-refractivity contribution in [3.05, 3.63) is 235 Å². The Balaban J connectivity index is 1.13. The van der Waals surface area contributed by atoms with Gasteiger partial charge >= 0.3 is 0 Å². The van der Waals surface area contributed by atoms with Crippen LogP contribution in [-0.2, 0) is 0 Å². The van der Waals surface area contributed by atoms with Gasteiger partial charge in [0.2, 0.25) is 0 Å². The summed E-state index contributed by atoms with van der Waals surface area (Å²) in [6, 6.07) is 77.9. The maximum atomic E-state index is 10.2. The van der Waals surface area contributed by atoms with Crippen molar-refractivity contribution >= 4 is 92.9 Å². The summed E-state index contributed by atoms with van der Waals surface area (Å²) in [6.07, 6.45) is 0. The van der Waals surface area contributed by atoms with Crippen LogP contribution in [0.1, 0.15) is 11.1 Å². The molecule has 6 heteroatoms. The summed E-state index contributed by atoms with van der Waals surface area (Å²) in [6.45, 7) is 10.8. The molecule has 0 amide bonds. The third-order valence-electron chi connectivity index (χ3n) is 14.2. The molecule has 0 atom stereocenters. The van der Waals surface area contributed by atoms with Gasteiger partial charge in [-0.25, -0.2) is 4.85 Å². The highest BCUT2D eigenvalue weighted by Crippen LogP contribution is 2.45. The monoisotopic (exact) mass is 878 g/mol. The minimum Gasteiger partial charge on any atom is -0.309 e. The van der Waals surface area contributed by atoms with E-state index in [1.54, 1.807) is 0 Å². The maximum Gasteiger partial charge on any atom is 0.197 e. The number of nitriles is 1. The standard InChI is InChI=1S/C63H38N6/c1-39-31-40(38-64)33-41(32-39)52-36-62(68-58-25-13-7-19-48(58)50-29-27-42(34-60(50)68)66-54-21-9-3-15-44(54)45-16-4-10-22-55(45)66)63(37-53(52)65-2)69-59-26-14-8-20-49(59)51-30-28-43(35-61(51)69)67-56-23-11-5-17-46(56)47-18-6-12-24-57(47)67/h3-37H,1H3. The van der Waals surface area contributed by atoms with Gasteiger partial charge in [0.05, 0.1) is 73.7 Å². The summed E-state index contributed by atoms with van der Waals surface area (Å²) in [5, 5.41) is 19.5. The SMILES string of the molecule is [C-]#[N+]c1cc(-n2c3ccccc3c3ccc(-n4c5ccccc5c5ccccc54)cc32)c(-n2c3ccccc3c3ccc(-n4c5ccccc5c5ccccc54)cc32)cc1-c1cc(C)cc(C#N)c1. The summed E-state index contributed by atoms with van der Waals surface area (Å²) in [5.74, 6) is 0. The predicted molar refractivity (Wildman–Crippen MR) is 285 cm³/mol. The highest BCUT2D eigenvalue weighted by atomic mass is 15.1. The zero-order valence-electron chi connectivity index (χ0n) is 37.4. The number of hydrogen-bond donors (Lipinski definition) is 0. The molecule has 0 bridgehead atoms. The lowest BCUT2D eigenvalue weighted by atomic mass is 9.97. The van der Waals surface area contributed by atoms with Crippen molar-refractivity contribution < 1.29 is 0 Å². The first kappa shape index (κ1) is 38.6. The van der Waals surface area contributed by atoms with E-state index in [0.717, 1.165) is 105 Å². The van der Waals surface area contributed by atoms with Crippen molar-refractivity contribution in [2.75, 3.05) is 0 Å². The van der Waals surface area contributed by atoms with E-state index in [4.69, 9.17) is 6.57 Å². The number of aryl methyl sites for hydroxylation is 1. The Bertz CT molecular complexity index is 4490. The second kappa shape index (κ2) is 14.7. The third-order valence-corrected chi connectivity index (χ3v) is 14.2. The molecule has 14 rings (SSSR count). The Morgan fingerprint density at radius 1 is 0.377 bits per heavy atom. The molecule has 69 heavy (non-hydrogen) atoms. The Kier molecular flexibility index (Phi) is 8.23. The molecule has 0 saturated carbocycles. The van der Waals surface area contributed by atoms with Gasteiger partial charge in [-0.15, -0.1) is 0 Å². The van der Waals surface area contributed by atoms with Crippen LogP contribution in [0.3, 0.4) is 0 Å². The van der Waals surface area contributed by atoms with E-state index in [2.05, 4.69) is 229 Å². The fraction of sp³-hybridized carbons (Fsp3) is 0.0159. The highest BCUT2D eigenvalue weighted by Gasteiger charge is 2.24. The Morgan fingerprint density at radius 3 is 1.13 bits per heavy atom. The molecule has 0 saturated heterocycles. The Hall–Kier alpha value is -9.62. The quantitative estimate of drug-likeness (QED) is 0.159. The number of fused-ring (bicyclic) bond motifs is 12. The fourth-order valence-corrected chi connectivity index (χ4v) is 11.4. The van der Waals surface area contributed by atoms with E-state index in [1.807, 2.05) is 19.1 Å². The highest BCUT2D eigenvalue weighted by molar-refractivity contribution is 6.15. The van der Waals surface area contributed by atoms with Crippen molar-refractivity contribution in [1.82, 2.24) is 18.3 Å². The number of para-hydroxylation sites is 6. The molecule has 10 aromatic carbocycles. The van der Waals surface area contributed by atoms with Gasteiger partial charge in [-0.1, -0.05) is 127 Å². The second-order valence-corrected chi connectivity index (χ2v) is 18.0. The largest absolute Gasteiger partial charge is 0.309 e. The van der Waals surface area contributed by atoms with E-state index in [1.165, 1.54) is 21.5 Å². The van der Waals surface area contributed by atoms with Crippen molar-refractivity contribution in [1.29, 1.82) is 5.26 Å². The molecule has 6 nitrogen and oxygen atoms in total. The topological polar surface area (TPSA) is 47.9 Å². The summed E-state index contributed by atoms with van der Waals surface area (Å²) in [4.78, 5) is 4.28. The van der Waals surface area contributed by atoms with Crippen molar-refractivity contribution in [3.63, 3.8) is 0 Å². The van der Waals surface area contributed by atoms with Crippen LogP contribution < -0.4 is 0 Å². The number of benzene rings is 10. The minimum absolute atomic E-state index is 0.500. The van der Waals surface area contributed by atoms with Gasteiger partial charge < -0.3 is 18.3 Å². The molecule has 0 unspecified atom stereocenters. The fourth-order valence-electron chi connectivity index (χ4n) is 11.4. The Labute approximate surface area is 396 Å². The average Bonchev–Trinajstić information content (AvgIpc) is 4.12. The van der Waals surface area contributed by atoms with Crippen molar-refractivity contribution in [2.45, 2.75) is 6.92 Å². The molecule has 4 heterocycles.